The molecule has 82 valence electrons. The predicted molar refractivity (Wildman–Crippen MR) is 64.7 cm³/mol. The maximum atomic E-state index is 5.75. The van der Waals surface area contributed by atoms with E-state index in [1.165, 1.54) is 0 Å². The number of rotatable bonds is 4. The third kappa shape index (κ3) is 3.72. The van der Waals surface area contributed by atoms with Crippen LogP contribution in [-0.2, 0) is 0 Å². The van der Waals surface area contributed by atoms with Crippen molar-refractivity contribution in [3.63, 3.8) is 0 Å². The van der Waals surface area contributed by atoms with Gasteiger partial charge in [-0.2, -0.15) is 0 Å². The summed E-state index contributed by atoms with van der Waals surface area (Å²) in [5.74, 6) is 6.60. The zero-order chi connectivity index (χ0) is 11.1. The Labute approximate surface area is 91.6 Å². The van der Waals surface area contributed by atoms with Crippen molar-refractivity contribution in [3.05, 3.63) is 35.9 Å². The molecule has 0 saturated carbocycles. The maximum absolute atomic E-state index is 5.75. The van der Waals surface area contributed by atoms with Crippen molar-refractivity contribution in [1.29, 1.82) is 0 Å². The van der Waals surface area contributed by atoms with E-state index in [1.807, 2.05) is 37.4 Å². The molecule has 0 aromatic heterocycles. The molecule has 0 radical (unpaired) electrons. The summed E-state index contributed by atoms with van der Waals surface area (Å²) in [6.45, 7) is 2.99. The summed E-state index contributed by atoms with van der Waals surface area (Å²) in [7, 11) is 1.82. The molecule has 0 spiro atoms. The molecule has 0 unspecified atom stereocenters. The van der Waals surface area contributed by atoms with Crippen LogP contribution >= 0.6 is 0 Å². The molecule has 3 nitrogen and oxygen atoms in total. The van der Waals surface area contributed by atoms with Gasteiger partial charge in [-0.3, -0.25) is 10.0 Å². The molecule has 0 heterocycles. The second-order valence-electron chi connectivity index (χ2n) is 3.54. The quantitative estimate of drug-likeness (QED) is 0.269. The Hall–Kier alpha value is -1.35. The first kappa shape index (κ1) is 11.7. The number of nitrogens with zero attached hydrogens (tertiary/aromatic N) is 2. The molecule has 1 aromatic rings. The van der Waals surface area contributed by atoms with Crippen LogP contribution in [0.1, 0.15) is 25.3 Å². The first-order valence-electron chi connectivity index (χ1n) is 5.34. The standard InChI is InChI=1S/C12H19N3/c1-3-4-10-14-12(15(2)13)11-8-6-5-7-9-11/h5-9H,3-4,10,13H2,1-2H3. The van der Waals surface area contributed by atoms with E-state index in [9.17, 15) is 0 Å². The van der Waals surface area contributed by atoms with E-state index in [4.69, 9.17) is 5.84 Å². The van der Waals surface area contributed by atoms with Crippen molar-refractivity contribution < 1.29 is 0 Å². The average Bonchev–Trinajstić information content (AvgIpc) is 2.25. The number of amidine groups is 1. The monoisotopic (exact) mass is 205 g/mol. The minimum atomic E-state index is 0.836. The van der Waals surface area contributed by atoms with Crippen LogP contribution in [0.3, 0.4) is 0 Å². The van der Waals surface area contributed by atoms with Crippen LogP contribution < -0.4 is 5.84 Å². The lowest BCUT2D eigenvalue weighted by Crippen LogP contribution is -2.34. The number of aliphatic imine (C=N–C) groups is 1. The van der Waals surface area contributed by atoms with Crippen LogP contribution in [0.25, 0.3) is 0 Å². The number of nitrogens with two attached hydrogens (primary N) is 1. The van der Waals surface area contributed by atoms with Crippen molar-refractivity contribution in [2.45, 2.75) is 19.8 Å². The van der Waals surface area contributed by atoms with E-state index in [0.717, 1.165) is 30.8 Å². The summed E-state index contributed by atoms with van der Waals surface area (Å²) in [6, 6.07) is 10.0. The van der Waals surface area contributed by atoms with Gasteiger partial charge in [0.15, 0.2) is 0 Å². The van der Waals surface area contributed by atoms with Crippen LogP contribution in [0.5, 0.6) is 0 Å². The second kappa shape index (κ2) is 6.19. The number of benzene rings is 1. The number of hydrazine groups is 1. The van der Waals surface area contributed by atoms with Gasteiger partial charge >= 0.3 is 0 Å². The molecule has 0 bridgehead atoms. The summed E-state index contributed by atoms with van der Waals surface area (Å²) in [4.78, 5) is 4.50. The summed E-state index contributed by atoms with van der Waals surface area (Å²) >= 11 is 0. The van der Waals surface area contributed by atoms with Crippen molar-refractivity contribution in [2.24, 2.45) is 10.8 Å². The van der Waals surface area contributed by atoms with Gasteiger partial charge in [-0.25, -0.2) is 5.84 Å². The Morgan fingerprint density at radius 1 is 1.33 bits per heavy atom. The molecule has 0 amide bonds. The van der Waals surface area contributed by atoms with E-state index < -0.39 is 0 Å². The van der Waals surface area contributed by atoms with Gasteiger partial charge < -0.3 is 0 Å². The molecule has 0 aliphatic rings. The fourth-order valence-electron chi connectivity index (χ4n) is 1.34. The molecule has 0 saturated heterocycles. The molecule has 0 atom stereocenters. The Morgan fingerprint density at radius 2 is 2.00 bits per heavy atom. The molecule has 1 rings (SSSR count). The maximum Gasteiger partial charge on any atom is 0.144 e. The predicted octanol–water partition coefficient (Wildman–Crippen LogP) is 2.04. The Bertz CT molecular complexity index is 304. The third-order valence-electron chi connectivity index (χ3n) is 2.14. The van der Waals surface area contributed by atoms with Crippen molar-refractivity contribution >= 4 is 5.84 Å². The lowest BCUT2D eigenvalue weighted by Gasteiger charge is -2.15. The molecule has 15 heavy (non-hydrogen) atoms. The van der Waals surface area contributed by atoms with E-state index in [-0.39, 0.29) is 0 Å². The zero-order valence-electron chi connectivity index (χ0n) is 9.48. The fraction of sp³-hybridized carbons (Fsp3) is 0.417. The highest BCUT2D eigenvalue weighted by Crippen LogP contribution is 2.03. The summed E-state index contributed by atoms with van der Waals surface area (Å²) < 4.78 is 0. The van der Waals surface area contributed by atoms with Crippen molar-refractivity contribution in [3.8, 4) is 0 Å². The SMILES string of the molecule is CCCCN=C(c1ccccc1)N(C)N. The van der Waals surface area contributed by atoms with Crippen LogP contribution in [0.15, 0.2) is 35.3 Å². The molecular weight excluding hydrogens is 186 g/mol. The van der Waals surface area contributed by atoms with Gasteiger partial charge in [0.1, 0.15) is 5.84 Å². The first-order chi connectivity index (χ1) is 7.25. The molecular formula is C12H19N3. The van der Waals surface area contributed by atoms with Gasteiger partial charge in [-0.15, -0.1) is 0 Å². The average molecular weight is 205 g/mol. The van der Waals surface area contributed by atoms with E-state index in [0.29, 0.717) is 0 Å². The van der Waals surface area contributed by atoms with E-state index in [2.05, 4.69) is 11.9 Å². The molecule has 0 aliphatic heterocycles. The molecule has 0 fully saturated rings. The van der Waals surface area contributed by atoms with Crippen LogP contribution in [-0.4, -0.2) is 24.4 Å². The minimum absolute atomic E-state index is 0.836. The van der Waals surface area contributed by atoms with Gasteiger partial charge in [-0.1, -0.05) is 43.7 Å². The third-order valence-corrected chi connectivity index (χ3v) is 2.14. The van der Waals surface area contributed by atoms with Crippen LogP contribution in [0, 0.1) is 0 Å². The highest BCUT2D eigenvalue weighted by Gasteiger charge is 2.04. The van der Waals surface area contributed by atoms with Crippen LogP contribution in [0.2, 0.25) is 0 Å². The topological polar surface area (TPSA) is 41.6 Å². The van der Waals surface area contributed by atoms with Gasteiger partial charge in [-0.05, 0) is 6.42 Å². The lowest BCUT2D eigenvalue weighted by atomic mass is 10.2. The van der Waals surface area contributed by atoms with E-state index >= 15 is 0 Å². The fourth-order valence-corrected chi connectivity index (χ4v) is 1.34. The van der Waals surface area contributed by atoms with Gasteiger partial charge in [0.25, 0.3) is 0 Å². The van der Waals surface area contributed by atoms with Crippen molar-refractivity contribution in [1.82, 2.24) is 5.01 Å². The smallest absolute Gasteiger partial charge is 0.144 e. The Balaban J connectivity index is 2.79. The zero-order valence-corrected chi connectivity index (χ0v) is 9.48. The summed E-state index contributed by atoms with van der Waals surface area (Å²) in [6.07, 6.45) is 2.25. The van der Waals surface area contributed by atoms with Gasteiger partial charge in [0, 0.05) is 19.2 Å². The summed E-state index contributed by atoms with van der Waals surface area (Å²) in [5.41, 5.74) is 1.07. The van der Waals surface area contributed by atoms with E-state index in [1.54, 1.807) is 5.01 Å². The van der Waals surface area contributed by atoms with Crippen LogP contribution in [0.4, 0.5) is 0 Å². The Morgan fingerprint density at radius 3 is 2.53 bits per heavy atom. The highest BCUT2D eigenvalue weighted by atomic mass is 15.4. The normalized spacial score (nSPS) is 11.5. The Kier molecular flexibility index (Phi) is 4.84. The first-order valence-corrected chi connectivity index (χ1v) is 5.34. The van der Waals surface area contributed by atoms with Gasteiger partial charge in [0.2, 0.25) is 0 Å². The molecule has 3 heteroatoms. The minimum Gasteiger partial charge on any atom is -0.298 e. The lowest BCUT2D eigenvalue weighted by molar-refractivity contribution is 0.536. The number of hydrogen-bond acceptors (Lipinski definition) is 2. The second-order valence-corrected chi connectivity index (χ2v) is 3.54. The molecule has 1 aromatic carbocycles. The highest BCUT2D eigenvalue weighted by molar-refractivity contribution is 5.98. The number of unbranched alkanes of at least 4 members (excludes halogenated alkanes) is 1. The molecule has 2 N–H and O–H groups in total. The largest absolute Gasteiger partial charge is 0.298 e. The summed E-state index contributed by atoms with van der Waals surface area (Å²) in [5, 5.41) is 1.57. The molecule has 0 aliphatic carbocycles. The number of hydrogen-bond donors (Lipinski definition) is 1. The van der Waals surface area contributed by atoms with Crippen molar-refractivity contribution in [2.75, 3.05) is 13.6 Å². The van der Waals surface area contributed by atoms with Gasteiger partial charge in [0.05, 0.1) is 0 Å².